The Bertz CT molecular complexity index is 2340. The number of carbonyl (C=O) groups is 1. The van der Waals surface area contributed by atoms with Gasteiger partial charge in [0.1, 0.15) is 34.7 Å². The van der Waals surface area contributed by atoms with Crippen LogP contribution in [-0.4, -0.2) is 36.7 Å². The largest absolute Gasteiger partial charge is 0.470 e. The van der Waals surface area contributed by atoms with Gasteiger partial charge in [0.15, 0.2) is 6.73 Å². The van der Waals surface area contributed by atoms with Crippen LogP contribution in [-0.2, 0) is 16.8 Å². The zero-order chi connectivity index (χ0) is 31.5. The summed E-state index contributed by atoms with van der Waals surface area (Å²) in [6.07, 6.45) is 0. The molecule has 1 aliphatic rings. The van der Waals surface area contributed by atoms with Crippen molar-refractivity contribution in [2.75, 3.05) is 17.5 Å². The molecule has 0 bridgehead atoms. The highest BCUT2D eigenvalue weighted by molar-refractivity contribution is 7.92. The first-order valence-electron chi connectivity index (χ1n) is 14.0. The zero-order valence-corrected chi connectivity index (χ0v) is 24.8. The monoisotopic (exact) mass is 621 g/mol. The summed E-state index contributed by atoms with van der Waals surface area (Å²) in [5, 5.41) is 13.9. The van der Waals surface area contributed by atoms with E-state index in [0.717, 1.165) is 10.9 Å². The van der Waals surface area contributed by atoms with Crippen LogP contribution in [0.2, 0.25) is 0 Å². The van der Waals surface area contributed by atoms with Gasteiger partial charge < -0.3 is 19.0 Å². The number of carbonyl (C=O) groups excluding carboxylic acids is 1. The molecule has 0 spiro atoms. The fraction of sp³-hybridized carbons (Fsp3) is 0.121. The van der Waals surface area contributed by atoms with Gasteiger partial charge in [-0.15, -0.1) is 0 Å². The van der Waals surface area contributed by atoms with E-state index >= 15 is 0 Å². The molecule has 0 saturated heterocycles. The van der Waals surface area contributed by atoms with Gasteiger partial charge >= 0.3 is 0 Å². The molecule has 10 nitrogen and oxygen atoms in total. The lowest BCUT2D eigenvalue weighted by molar-refractivity contribution is 0.0964. The molecular formula is C33H24FN5O5S. The second kappa shape index (κ2) is 10.5. The molecule has 3 aromatic carbocycles. The summed E-state index contributed by atoms with van der Waals surface area (Å²) < 4.78 is 56.0. The minimum atomic E-state index is -3.76. The summed E-state index contributed by atoms with van der Waals surface area (Å²) in [5.41, 5.74) is 4.07. The van der Waals surface area contributed by atoms with Crippen LogP contribution in [0.4, 0.5) is 10.1 Å². The van der Waals surface area contributed by atoms with E-state index in [-0.39, 0.29) is 35.1 Å². The molecule has 0 saturated carbocycles. The number of nitrogens with one attached hydrogen (secondary N) is 2. The molecule has 45 heavy (non-hydrogen) atoms. The lowest BCUT2D eigenvalue weighted by Crippen LogP contribution is -2.18. The van der Waals surface area contributed by atoms with Crippen LogP contribution < -0.4 is 14.8 Å². The number of ether oxygens (including phenoxy) is 1. The van der Waals surface area contributed by atoms with Gasteiger partial charge in [0.25, 0.3) is 5.91 Å². The van der Waals surface area contributed by atoms with Crippen molar-refractivity contribution in [1.82, 2.24) is 14.9 Å². The molecule has 4 heterocycles. The average Bonchev–Trinajstić information content (AvgIpc) is 3.59. The second-order valence-electron chi connectivity index (χ2n) is 10.4. The quantitative estimate of drug-likeness (QED) is 0.224. The van der Waals surface area contributed by atoms with Crippen LogP contribution in [0.1, 0.15) is 22.8 Å². The number of nitrogens with zero attached hydrogens (tertiary/aromatic N) is 3. The number of furan rings is 1. The van der Waals surface area contributed by atoms with E-state index in [1.165, 1.54) is 44.3 Å². The van der Waals surface area contributed by atoms with Gasteiger partial charge in [-0.05, 0) is 55.5 Å². The Morgan fingerprint density at radius 2 is 1.87 bits per heavy atom. The Balaban J connectivity index is 1.50. The Morgan fingerprint density at radius 3 is 2.60 bits per heavy atom. The van der Waals surface area contributed by atoms with E-state index in [1.807, 2.05) is 28.8 Å². The van der Waals surface area contributed by atoms with E-state index in [1.54, 1.807) is 18.2 Å². The van der Waals surface area contributed by atoms with Crippen LogP contribution in [0.3, 0.4) is 0 Å². The molecule has 12 heteroatoms. The predicted octanol–water partition coefficient (Wildman–Crippen LogP) is 6.27. The van der Waals surface area contributed by atoms with E-state index in [4.69, 9.17) is 14.1 Å². The SMILES string of the molecule is CCS(=O)(=O)Nc1cc2oc(-c3ccc(F)cc3)c(C(=O)NC)c2cc1-c1ccc2c(n1)-c1c(C#N)c3ccccc3n1CO2. The molecule has 0 unspecified atom stereocenters. The standard InChI is InChI=1S/C33H24FN5O5S/c1-3-45(41,42)38-25-15-28-22(29(33(40)36-2)32(44-28)18-8-10-19(34)11-9-18)14-21(25)24-12-13-27-30(37-24)31-23(16-35)20-6-4-5-7-26(20)39(31)17-43-27/h4-15,38H,3,17H2,1-2H3,(H,36,40). The first kappa shape index (κ1) is 28.1. The van der Waals surface area contributed by atoms with Crippen LogP contribution in [0.25, 0.3) is 55.8 Å². The Hall–Kier alpha value is -5.67. The lowest BCUT2D eigenvalue weighted by atomic mass is 10.0. The van der Waals surface area contributed by atoms with Crippen molar-refractivity contribution < 1.29 is 26.8 Å². The number of anilines is 1. The van der Waals surface area contributed by atoms with Crippen molar-refractivity contribution >= 4 is 43.5 Å². The summed E-state index contributed by atoms with van der Waals surface area (Å²) in [5.74, 6) is -0.424. The molecule has 0 atom stereocenters. The molecule has 2 N–H and O–H groups in total. The number of halogens is 1. The molecule has 0 fully saturated rings. The third-order valence-corrected chi connectivity index (χ3v) is 9.12. The van der Waals surface area contributed by atoms with E-state index < -0.39 is 21.7 Å². The fourth-order valence-electron chi connectivity index (χ4n) is 5.65. The van der Waals surface area contributed by atoms with Crippen molar-refractivity contribution in [2.45, 2.75) is 13.7 Å². The number of sulfonamides is 1. The van der Waals surface area contributed by atoms with Crippen molar-refractivity contribution in [3.63, 3.8) is 0 Å². The van der Waals surface area contributed by atoms with Gasteiger partial charge in [-0.25, -0.2) is 17.8 Å². The normalized spacial score (nSPS) is 12.3. The lowest BCUT2D eigenvalue weighted by Gasteiger charge is -2.21. The number of pyridine rings is 1. The third-order valence-electron chi connectivity index (χ3n) is 7.82. The van der Waals surface area contributed by atoms with Gasteiger partial charge in [-0.3, -0.25) is 9.52 Å². The number of rotatable bonds is 6. The highest BCUT2D eigenvalue weighted by atomic mass is 32.2. The maximum Gasteiger partial charge on any atom is 0.255 e. The van der Waals surface area contributed by atoms with Crippen LogP contribution >= 0.6 is 0 Å². The first-order chi connectivity index (χ1) is 21.7. The van der Waals surface area contributed by atoms with Gasteiger partial charge in [-0.2, -0.15) is 5.26 Å². The first-order valence-corrected chi connectivity index (χ1v) is 15.6. The minimum absolute atomic E-state index is 0.178. The van der Waals surface area contributed by atoms with Crippen LogP contribution in [0, 0.1) is 17.1 Å². The number of nitriles is 1. The molecule has 6 aromatic rings. The Labute approximate surface area is 256 Å². The molecule has 1 amide bonds. The summed E-state index contributed by atoms with van der Waals surface area (Å²) in [7, 11) is -2.28. The van der Waals surface area contributed by atoms with E-state index in [9.17, 15) is 22.9 Å². The van der Waals surface area contributed by atoms with Crippen molar-refractivity contribution in [1.29, 1.82) is 5.26 Å². The van der Waals surface area contributed by atoms with Crippen molar-refractivity contribution in [3.05, 3.63) is 89.7 Å². The van der Waals surface area contributed by atoms with Crippen LogP contribution in [0.15, 0.2) is 77.2 Å². The average molecular weight is 622 g/mol. The Morgan fingerprint density at radius 1 is 1.09 bits per heavy atom. The van der Waals surface area contributed by atoms with Gasteiger partial charge in [0, 0.05) is 35.0 Å². The molecule has 1 aliphatic heterocycles. The summed E-state index contributed by atoms with van der Waals surface area (Å²) >= 11 is 0. The number of para-hydroxylation sites is 1. The number of amides is 1. The Kier molecular flexibility index (Phi) is 6.56. The van der Waals surface area contributed by atoms with Gasteiger partial charge in [-0.1, -0.05) is 18.2 Å². The fourth-order valence-corrected chi connectivity index (χ4v) is 6.30. The molecule has 3 aromatic heterocycles. The zero-order valence-electron chi connectivity index (χ0n) is 24.0. The van der Waals surface area contributed by atoms with Gasteiger partial charge in [0.2, 0.25) is 10.0 Å². The van der Waals surface area contributed by atoms with Crippen LogP contribution in [0.5, 0.6) is 5.75 Å². The minimum Gasteiger partial charge on any atom is -0.470 e. The summed E-state index contributed by atoms with van der Waals surface area (Å²) in [6, 6.07) is 21.9. The third kappa shape index (κ3) is 4.56. The molecule has 7 rings (SSSR count). The molecule has 224 valence electrons. The smallest absolute Gasteiger partial charge is 0.255 e. The maximum atomic E-state index is 13.7. The highest BCUT2D eigenvalue weighted by Crippen LogP contribution is 2.44. The molecule has 0 aliphatic carbocycles. The number of benzene rings is 3. The summed E-state index contributed by atoms with van der Waals surface area (Å²) in [4.78, 5) is 18.1. The van der Waals surface area contributed by atoms with E-state index in [0.29, 0.717) is 44.9 Å². The van der Waals surface area contributed by atoms with E-state index in [2.05, 4.69) is 16.1 Å². The topological polar surface area (TPSA) is 139 Å². The molecular weight excluding hydrogens is 597 g/mol. The molecule has 0 radical (unpaired) electrons. The number of hydrogen-bond acceptors (Lipinski definition) is 7. The second-order valence-corrected chi connectivity index (χ2v) is 12.4. The van der Waals surface area contributed by atoms with Crippen molar-refractivity contribution in [2.24, 2.45) is 0 Å². The number of fused-ring (bicyclic) bond motifs is 6. The summed E-state index contributed by atoms with van der Waals surface area (Å²) in [6.45, 7) is 1.70. The predicted molar refractivity (Wildman–Crippen MR) is 168 cm³/mol. The number of aromatic nitrogens is 2. The van der Waals surface area contributed by atoms with Crippen molar-refractivity contribution in [3.8, 4) is 45.8 Å². The maximum absolute atomic E-state index is 13.7. The number of hydrogen-bond donors (Lipinski definition) is 2. The highest BCUT2D eigenvalue weighted by Gasteiger charge is 2.29. The van der Waals surface area contributed by atoms with Gasteiger partial charge in [0.05, 0.1) is 39.5 Å².